The van der Waals surface area contributed by atoms with Crippen LogP contribution in [0.25, 0.3) is 0 Å². The summed E-state index contributed by atoms with van der Waals surface area (Å²) >= 11 is 1.28. The van der Waals surface area contributed by atoms with E-state index in [1.54, 1.807) is 19.2 Å². The molecule has 168 valence electrons. The van der Waals surface area contributed by atoms with Crippen molar-refractivity contribution in [3.63, 3.8) is 0 Å². The number of sulfonamides is 1. The monoisotopic (exact) mass is 463 g/mol. The Kier molecular flexibility index (Phi) is 7.96. The zero-order valence-corrected chi connectivity index (χ0v) is 19.7. The fourth-order valence-electron chi connectivity index (χ4n) is 3.48. The second-order valence-electron chi connectivity index (χ2n) is 7.79. The number of rotatable bonds is 9. The molecule has 0 saturated carbocycles. The summed E-state index contributed by atoms with van der Waals surface area (Å²) in [6.07, 6.45) is 3.16. The number of hydrogen-bond acceptors (Lipinski definition) is 6. The van der Waals surface area contributed by atoms with Crippen molar-refractivity contribution in [2.75, 3.05) is 26.0 Å². The van der Waals surface area contributed by atoms with E-state index >= 15 is 0 Å². The van der Waals surface area contributed by atoms with E-state index in [-0.39, 0.29) is 28.5 Å². The number of thioether (sulfide) groups is 1. The smallest absolute Gasteiger partial charge is 0.244 e. The Hall–Kier alpha value is -2.10. The molecule has 2 aromatic rings. The number of methoxy groups -OCH3 is 1. The van der Waals surface area contributed by atoms with E-state index in [0.717, 1.165) is 24.2 Å². The van der Waals surface area contributed by atoms with Gasteiger partial charge in [0.1, 0.15) is 10.6 Å². The summed E-state index contributed by atoms with van der Waals surface area (Å²) in [6, 6.07) is 10.8. The number of nitrogens with one attached hydrogen (secondary N) is 1. The molecule has 1 atom stereocenters. The third-order valence-corrected chi connectivity index (χ3v) is 8.05. The number of amides is 1. The van der Waals surface area contributed by atoms with Gasteiger partial charge in [0.2, 0.25) is 15.9 Å². The summed E-state index contributed by atoms with van der Waals surface area (Å²) in [4.78, 5) is 17.0. The highest BCUT2D eigenvalue weighted by Gasteiger charge is 2.27. The summed E-state index contributed by atoms with van der Waals surface area (Å²) < 4.78 is 31.9. The highest BCUT2D eigenvalue weighted by Crippen LogP contribution is 2.25. The zero-order chi connectivity index (χ0) is 22.4. The predicted molar refractivity (Wildman–Crippen MR) is 122 cm³/mol. The Balaban J connectivity index is 1.57. The van der Waals surface area contributed by atoms with Gasteiger partial charge in [0.15, 0.2) is 0 Å². The molecular formula is C22H29N3O4S2. The van der Waals surface area contributed by atoms with Gasteiger partial charge >= 0.3 is 0 Å². The minimum absolute atomic E-state index is 0.102. The number of ether oxygens (including phenoxy) is 1. The molecule has 0 spiro atoms. The highest BCUT2D eigenvalue weighted by atomic mass is 32.2. The number of hydrogen-bond donors (Lipinski definition) is 1. The van der Waals surface area contributed by atoms with Gasteiger partial charge in [-0.05, 0) is 48.6 Å². The van der Waals surface area contributed by atoms with Gasteiger partial charge in [0.05, 0.1) is 23.9 Å². The molecule has 0 radical (unpaired) electrons. The molecule has 1 unspecified atom stereocenters. The van der Waals surface area contributed by atoms with Crippen LogP contribution in [0.4, 0.5) is 0 Å². The van der Waals surface area contributed by atoms with Crippen LogP contribution in [0.2, 0.25) is 0 Å². The van der Waals surface area contributed by atoms with E-state index < -0.39 is 10.0 Å². The van der Waals surface area contributed by atoms with Crippen LogP contribution in [0.5, 0.6) is 5.75 Å². The summed E-state index contributed by atoms with van der Waals surface area (Å²) in [5.41, 5.74) is 1.02. The molecule has 1 aliphatic heterocycles. The van der Waals surface area contributed by atoms with E-state index in [2.05, 4.69) is 24.1 Å². The van der Waals surface area contributed by atoms with Gasteiger partial charge < -0.3 is 10.1 Å². The lowest BCUT2D eigenvalue weighted by Crippen LogP contribution is -2.33. The topological polar surface area (TPSA) is 88.6 Å². The maximum atomic E-state index is 12.6. The molecule has 0 aliphatic carbocycles. The molecule has 1 aromatic heterocycles. The lowest BCUT2D eigenvalue weighted by Gasteiger charge is -2.23. The van der Waals surface area contributed by atoms with Crippen molar-refractivity contribution in [2.45, 2.75) is 42.7 Å². The Bertz CT molecular complexity index is 971. The van der Waals surface area contributed by atoms with Crippen molar-refractivity contribution in [2.24, 2.45) is 5.92 Å². The molecule has 1 aromatic carbocycles. The van der Waals surface area contributed by atoms with Crippen molar-refractivity contribution in [1.82, 2.24) is 14.6 Å². The van der Waals surface area contributed by atoms with Crippen LogP contribution in [-0.2, 0) is 14.8 Å². The van der Waals surface area contributed by atoms with Gasteiger partial charge in [-0.3, -0.25) is 4.79 Å². The van der Waals surface area contributed by atoms with Gasteiger partial charge in [0.25, 0.3) is 0 Å². The van der Waals surface area contributed by atoms with E-state index in [9.17, 15) is 13.2 Å². The van der Waals surface area contributed by atoms with Crippen LogP contribution in [0.1, 0.15) is 38.3 Å². The number of carbonyl (C=O) groups is 1. The van der Waals surface area contributed by atoms with Gasteiger partial charge in [-0.25, -0.2) is 13.4 Å². The Labute approximate surface area is 188 Å². The molecule has 31 heavy (non-hydrogen) atoms. The van der Waals surface area contributed by atoms with Gasteiger partial charge in [-0.15, -0.1) is 0 Å². The number of benzene rings is 1. The number of carbonyl (C=O) groups excluding carboxylic acids is 1. The number of aromatic nitrogens is 1. The third-order valence-electron chi connectivity index (χ3n) is 5.22. The van der Waals surface area contributed by atoms with Crippen molar-refractivity contribution in [3.8, 4) is 5.75 Å². The van der Waals surface area contributed by atoms with Crippen LogP contribution in [0.3, 0.4) is 0 Å². The summed E-state index contributed by atoms with van der Waals surface area (Å²) in [7, 11) is -1.85. The van der Waals surface area contributed by atoms with E-state index in [1.807, 2.05) is 24.3 Å². The van der Waals surface area contributed by atoms with Crippen molar-refractivity contribution < 1.29 is 17.9 Å². The minimum Gasteiger partial charge on any atom is -0.497 e. The molecule has 3 rings (SSSR count). The first-order chi connectivity index (χ1) is 14.8. The standard InChI is InChI=1S/C22H29N3O4S2/c1-16(2)22(17-6-8-18(29-3)9-7-17)24-20(26)15-30-21-11-10-19(14-23-21)31(27,28)25-12-4-5-13-25/h6-11,14,16,22H,4-5,12-13,15H2,1-3H3,(H,24,26). The van der Waals surface area contributed by atoms with Crippen LogP contribution in [0.15, 0.2) is 52.5 Å². The van der Waals surface area contributed by atoms with Crippen molar-refractivity contribution in [1.29, 1.82) is 0 Å². The van der Waals surface area contributed by atoms with Gasteiger partial charge in [0, 0.05) is 19.3 Å². The second-order valence-corrected chi connectivity index (χ2v) is 10.7. The normalized spacial score (nSPS) is 15.7. The maximum Gasteiger partial charge on any atom is 0.244 e. The van der Waals surface area contributed by atoms with E-state index in [0.29, 0.717) is 18.1 Å². The third kappa shape index (κ3) is 5.99. The molecule has 1 aliphatic rings. The summed E-state index contributed by atoms with van der Waals surface area (Å²) in [6.45, 7) is 5.24. The van der Waals surface area contributed by atoms with E-state index in [1.165, 1.54) is 22.3 Å². The SMILES string of the molecule is COc1ccc(C(NC(=O)CSc2ccc(S(=O)(=O)N3CCCC3)cn2)C(C)C)cc1. The molecule has 7 nitrogen and oxygen atoms in total. The van der Waals surface area contributed by atoms with Crippen LogP contribution in [0, 0.1) is 5.92 Å². The molecule has 2 heterocycles. The average Bonchev–Trinajstić information content (AvgIpc) is 3.32. The first-order valence-electron chi connectivity index (χ1n) is 10.3. The van der Waals surface area contributed by atoms with Crippen molar-refractivity contribution >= 4 is 27.7 Å². The molecule has 1 saturated heterocycles. The largest absolute Gasteiger partial charge is 0.497 e. The minimum atomic E-state index is -3.47. The molecule has 9 heteroatoms. The van der Waals surface area contributed by atoms with Crippen LogP contribution in [-0.4, -0.2) is 49.6 Å². The molecule has 1 N–H and O–H groups in total. The maximum absolute atomic E-state index is 12.6. The average molecular weight is 464 g/mol. The highest BCUT2D eigenvalue weighted by molar-refractivity contribution is 7.99. The molecular weight excluding hydrogens is 434 g/mol. The summed E-state index contributed by atoms with van der Waals surface area (Å²) in [5, 5.41) is 3.69. The fraction of sp³-hybridized carbons (Fsp3) is 0.455. The lowest BCUT2D eigenvalue weighted by molar-refractivity contribution is -0.119. The number of pyridine rings is 1. The van der Waals surface area contributed by atoms with Crippen molar-refractivity contribution in [3.05, 3.63) is 48.2 Å². The van der Waals surface area contributed by atoms with Crippen LogP contribution < -0.4 is 10.1 Å². The molecule has 1 amide bonds. The quantitative estimate of drug-likeness (QED) is 0.573. The number of nitrogens with zero attached hydrogens (tertiary/aromatic N) is 2. The van der Waals surface area contributed by atoms with Gasteiger partial charge in [-0.1, -0.05) is 37.7 Å². The van der Waals surface area contributed by atoms with Gasteiger partial charge in [-0.2, -0.15) is 4.31 Å². The zero-order valence-electron chi connectivity index (χ0n) is 18.1. The predicted octanol–water partition coefficient (Wildman–Crippen LogP) is 3.48. The first kappa shape index (κ1) is 23.6. The van der Waals surface area contributed by atoms with Crippen LogP contribution >= 0.6 is 11.8 Å². The summed E-state index contributed by atoms with van der Waals surface area (Å²) in [5.74, 6) is 1.09. The fourth-order valence-corrected chi connectivity index (χ4v) is 5.60. The van der Waals surface area contributed by atoms with E-state index in [4.69, 9.17) is 4.74 Å². The Morgan fingerprint density at radius 2 is 1.84 bits per heavy atom. The Morgan fingerprint density at radius 3 is 2.39 bits per heavy atom. The lowest BCUT2D eigenvalue weighted by atomic mass is 9.96. The second kappa shape index (κ2) is 10.5. The molecule has 1 fully saturated rings. The molecule has 0 bridgehead atoms. The Morgan fingerprint density at radius 1 is 1.16 bits per heavy atom. The first-order valence-corrected chi connectivity index (χ1v) is 12.8.